The van der Waals surface area contributed by atoms with Crippen LogP contribution in [0.25, 0.3) is 0 Å². The van der Waals surface area contributed by atoms with Crippen molar-refractivity contribution in [2.75, 3.05) is 46.1 Å². The minimum absolute atomic E-state index is 0.0445. The third-order valence-electron chi connectivity index (χ3n) is 11.9. The van der Waals surface area contributed by atoms with Crippen LogP contribution in [-0.2, 0) is 57.2 Å². The number of carboxylic acids is 1. The Kier molecular flexibility index (Phi) is 57.1. The van der Waals surface area contributed by atoms with Crippen molar-refractivity contribution >= 4 is 41.9 Å². The molecule has 0 bridgehead atoms. The van der Waals surface area contributed by atoms with Crippen LogP contribution in [0.3, 0.4) is 0 Å². The summed E-state index contributed by atoms with van der Waals surface area (Å²) in [4.78, 5) is 86.3. The lowest BCUT2D eigenvalue weighted by atomic mass is 9.97. The normalized spacial score (nSPS) is 12.6. The molecule has 1 heterocycles. The Morgan fingerprint density at radius 2 is 0.703 bits per heavy atom. The number of nitrogens with zero attached hydrogens (tertiary/aromatic N) is 1. The standard InChI is InChI=1S/C31H55NO8.C23H42O6.C3H8.C2H6/c1-4-7-9-11-13-15-20-37-28(33)22-26(23-29(34)38-21-16-14-12-10-8-5-2)24-30(35)40-27-17-18-32(25-27)31(36)39-19-6-3;1-3-5-7-9-11-13-15-28-22(26)18-20(17-21(24)25)19-23(27)29-16-14-12-10-8-6-4-2;1-3-2;1-2/h26-27H,4-25H2,1-3H3;20H,3-19H2,1-2H3,(H,24,25);3H2,1-2H3;1-2H3. The van der Waals surface area contributed by atoms with E-state index in [1.165, 1.54) is 88.4 Å². The van der Waals surface area contributed by atoms with Gasteiger partial charge >= 0.3 is 41.9 Å². The van der Waals surface area contributed by atoms with Crippen molar-refractivity contribution in [1.29, 1.82) is 0 Å². The molecule has 1 aliphatic rings. The topological polar surface area (TPSA) is 198 Å². The van der Waals surface area contributed by atoms with Crippen LogP contribution in [-0.4, -0.2) is 104 Å². The monoisotopic (exact) mass is 1060 g/mol. The Bertz CT molecular complexity index is 1300. The summed E-state index contributed by atoms with van der Waals surface area (Å²) < 4.78 is 31.9. The fourth-order valence-electron chi connectivity index (χ4n) is 7.87. The zero-order valence-electron chi connectivity index (χ0n) is 48.7. The summed E-state index contributed by atoms with van der Waals surface area (Å²) >= 11 is 0. The molecule has 0 spiro atoms. The van der Waals surface area contributed by atoms with E-state index in [9.17, 15) is 33.6 Å². The predicted molar refractivity (Wildman–Crippen MR) is 295 cm³/mol. The van der Waals surface area contributed by atoms with E-state index in [2.05, 4.69) is 41.5 Å². The number of likely N-dealkylation sites (tertiary alicyclic amines) is 1. The Morgan fingerprint density at radius 1 is 0.405 bits per heavy atom. The molecule has 1 atom stereocenters. The van der Waals surface area contributed by atoms with Crippen LogP contribution in [0.5, 0.6) is 0 Å². The summed E-state index contributed by atoms with van der Waals surface area (Å²) in [5, 5.41) is 9.04. The van der Waals surface area contributed by atoms with Gasteiger partial charge in [-0.2, -0.15) is 0 Å². The van der Waals surface area contributed by atoms with E-state index in [-0.39, 0.29) is 45.1 Å². The maximum Gasteiger partial charge on any atom is 0.409 e. The average Bonchev–Trinajstić information content (AvgIpc) is 3.83. The second kappa shape index (κ2) is 56.8. The number of carbonyl (C=O) groups excluding carboxylic acids is 6. The van der Waals surface area contributed by atoms with E-state index in [0.29, 0.717) is 46.0 Å². The van der Waals surface area contributed by atoms with Crippen molar-refractivity contribution in [3.05, 3.63) is 0 Å². The van der Waals surface area contributed by atoms with Crippen LogP contribution >= 0.6 is 0 Å². The van der Waals surface area contributed by atoms with Gasteiger partial charge in [0.1, 0.15) is 6.10 Å². The molecule has 0 aromatic rings. The first-order chi connectivity index (χ1) is 35.8. The summed E-state index contributed by atoms with van der Waals surface area (Å²) in [7, 11) is 0. The SMILES string of the molecule is CC.CCC.CCCCCCCCOC(=O)CC(CC(=O)O)CC(=O)OCCCCCCCC.CCCCCCCCOC(=O)CC(CC(=O)OCCCCCCCC)CC(=O)OC1CCN(C(=O)OCCC)C1. The molecule has 0 aromatic carbocycles. The number of carbonyl (C=O) groups is 7. The van der Waals surface area contributed by atoms with Gasteiger partial charge in [-0.15, -0.1) is 0 Å². The Hall–Kier alpha value is -3.91. The Morgan fingerprint density at radius 3 is 1.01 bits per heavy atom. The summed E-state index contributed by atoms with van der Waals surface area (Å²) in [5.74, 6) is -4.37. The van der Waals surface area contributed by atoms with E-state index in [1.807, 2.05) is 20.8 Å². The van der Waals surface area contributed by atoms with Gasteiger partial charge in [0.15, 0.2) is 0 Å². The molecule has 0 radical (unpaired) electrons. The quantitative estimate of drug-likeness (QED) is 0.0344. The van der Waals surface area contributed by atoms with E-state index < -0.39 is 59.8 Å². The highest BCUT2D eigenvalue weighted by molar-refractivity contribution is 5.77. The molecular weight excluding hydrogens is 947 g/mol. The number of amides is 1. The highest BCUT2D eigenvalue weighted by atomic mass is 16.6. The minimum atomic E-state index is -1.03. The van der Waals surface area contributed by atoms with Gasteiger partial charge in [0.05, 0.1) is 39.6 Å². The third kappa shape index (κ3) is 51.6. The van der Waals surface area contributed by atoms with E-state index in [0.717, 1.165) is 83.5 Å². The third-order valence-corrected chi connectivity index (χ3v) is 11.9. The summed E-state index contributed by atoms with van der Waals surface area (Å²) in [6, 6.07) is 0. The van der Waals surface area contributed by atoms with Gasteiger partial charge < -0.3 is 38.4 Å². The van der Waals surface area contributed by atoms with Gasteiger partial charge in [0.25, 0.3) is 0 Å². The fourth-order valence-corrected chi connectivity index (χ4v) is 7.87. The minimum Gasteiger partial charge on any atom is -0.481 e. The molecule has 436 valence electrons. The zero-order chi connectivity index (χ0) is 55.9. The predicted octanol–water partition coefficient (Wildman–Crippen LogP) is 14.9. The Labute approximate surface area is 450 Å². The van der Waals surface area contributed by atoms with Crippen molar-refractivity contribution in [2.24, 2.45) is 11.8 Å². The highest BCUT2D eigenvalue weighted by Gasteiger charge is 2.31. The van der Waals surface area contributed by atoms with Gasteiger partial charge in [-0.25, -0.2) is 4.79 Å². The maximum absolute atomic E-state index is 12.7. The van der Waals surface area contributed by atoms with Crippen molar-refractivity contribution < 1.29 is 67.1 Å². The Balaban J connectivity index is -0.00000131. The summed E-state index contributed by atoms with van der Waals surface area (Å²) in [6.45, 7) is 21.3. The van der Waals surface area contributed by atoms with Gasteiger partial charge in [-0.3, -0.25) is 28.8 Å². The number of rotatable bonds is 43. The van der Waals surface area contributed by atoms with Gasteiger partial charge in [0.2, 0.25) is 0 Å². The lowest BCUT2D eigenvalue weighted by Crippen LogP contribution is -2.31. The molecule has 1 unspecified atom stereocenters. The molecular formula is C59H111NO14. The number of carboxylic acid groups (broad SMARTS) is 1. The van der Waals surface area contributed by atoms with Crippen molar-refractivity contribution in [2.45, 2.75) is 280 Å². The van der Waals surface area contributed by atoms with Gasteiger partial charge in [-0.1, -0.05) is 197 Å². The molecule has 1 fully saturated rings. The molecule has 74 heavy (non-hydrogen) atoms. The molecule has 1 saturated heterocycles. The van der Waals surface area contributed by atoms with Crippen molar-refractivity contribution in [1.82, 2.24) is 4.90 Å². The number of unbranched alkanes of at least 4 members (excludes halogenated alkanes) is 20. The van der Waals surface area contributed by atoms with Gasteiger partial charge in [-0.05, 0) is 43.9 Å². The van der Waals surface area contributed by atoms with Crippen molar-refractivity contribution in [3.63, 3.8) is 0 Å². The molecule has 15 heteroatoms. The maximum atomic E-state index is 12.7. The van der Waals surface area contributed by atoms with E-state index in [4.69, 9.17) is 33.5 Å². The molecule has 0 aliphatic carbocycles. The lowest BCUT2D eigenvalue weighted by molar-refractivity contribution is -0.153. The number of esters is 5. The number of aliphatic carboxylic acids is 1. The molecule has 1 rings (SSSR count). The molecule has 0 aromatic heterocycles. The van der Waals surface area contributed by atoms with Crippen molar-refractivity contribution in [3.8, 4) is 0 Å². The second-order valence-electron chi connectivity index (χ2n) is 19.5. The molecule has 1 amide bonds. The highest BCUT2D eigenvalue weighted by Crippen LogP contribution is 2.21. The first kappa shape index (κ1) is 74.3. The molecule has 1 N–H and O–H groups in total. The zero-order valence-corrected chi connectivity index (χ0v) is 48.7. The number of ether oxygens (including phenoxy) is 6. The van der Waals surface area contributed by atoms with Crippen LogP contribution in [0.15, 0.2) is 0 Å². The molecule has 0 saturated carbocycles. The van der Waals surface area contributed by atoms with Gasteiger partial charge in [0, 0.05) is 51.5 Å². The average molecular weight is 1060 g/mol. The van der Waals surface area contributed by atoms with Crippen LogP contribution in [0.4, 0.5) is 4.79 Å². The lowest BCUT2D eigenvalue weighted by Gasteiger charge is -2.18. The van der Waals surface area contributed by atoms with Crippen LogP contribution in [0, 0.1) is 11.8 Å². The first-order valence-electron chi connectivity index (χ1n) is 29.7. The van der Waals surface area contributed by atoms with Crippen LogP contribution < -0.4 is 0 Å². The fraction of sp³-hybridized carbons (Fsp3) is 0.881. The number of hydrogen-bond donors (Lipinski definition) is 1. The summed E-state index contributed by atoms with van der Waals surface area (Å²) in [6.07, 6.45) is 27.4. The smallest absolute Gasteiger partial charge is 0.409 e. The van der Waals surface area contributed by atoms with E-state index >= 15 is 0 Å². The second-order valence-corrected chi connectivity index (χ2v) is 19.5. The summed E-state index contributed by atoms with van der Waals surface area (Å²) in [5.41, 5.74) is 0. The van der Waals surface area contributed by atoms with E-state index in [1.54, 1.807) is 0 Å². The molecule has 1 aliphatic heterocycles. The molecule has 15 nitrogen and oxygen atoms in total. The first-order valence-corrected chi connectivity index (χ1v) is 29.7. The number of hydrogen-bond acceptors (Lipinski definition) is 13. The van der Waals surface area contributed by atoms with Crippen LogP contribution in [0.1, 0.15) is 274 Å². The van der Waals surface area contributed by atoms with Crippen LogP contribution in [0.2, 0.25) is 0 Å². The largest absolute Gasteiger partial charge is 0.481 e.